The van der Waals surface area contributed by atoms with E-state index in [1.807, 2.05) is 16.8 Å². The molecule has 3 N–H and O–H groups in total. The quantitative estimate of drug-likeness (QED) is 0.376. The molecular formula is C20H16FNO3S. The molecule has 132 valence electrons. The molecule has 0 aliphatic heterocycles. The molecule has 0 unspecified atom stereocenters. The van der Waals surface area contributed by atoms with E-state index in [-0.39, 0.29) is 11.1 Å². The summed E-state index contributed by atoms with van der Waals surface area (Å²) in [6.07, 6.45) is 1.35. The van der Waals surface area contributed by atoms with Crippen LogP contribution < -0.4 is 10.5 Å². The second-order valence-electron chi connectivity index (χ2n) is 5.55. The predicted molar refractivity (Wildman–Crippen MR) is 101 cm³/mol. The van der Waals surface area contributed by atoms with Gasteiger partial charge in [0.1, 0.15) is 18.2 Å². The standard InChI is InChI=1S/C20H16FNO3S/c21-18-4-2-1-3-16(18)17(20(23)24)10-14-9-15(5-6-19(14)22)25-11-13-7-8-26-12-13/h1-10,12H,11,22H2,(H,23,24)/b17-10+. The number of rotatable bonds is 6. The van der Waals surface area contributed by atoms with E-state index in [1.165, 1.54) is 24.3 Å². The third-order valence-electron chi connectivity index (χ3n) is 3.74. The van der Waals surface area contributed by atoms with Crippen molar-refractivity contribution in [2.75, 3.05) is 5.73 Å². The summed E-state index contributed by atoms with van der Waals surface area (Å²) in [4.78, 5) is 11.6. The average molecular weight is 369 g/mol. The van der Waals surface area contributed by atoms with Crippen LogP contribution in [0.3, 0.4) is 0 Å². The number of carbonyl (C=O) groups is 1. The molecule has 3 aromatic rings. The molecule has 0 fully saturated rings. The van der Waals surface area contributed by atoms with E-state index in [1.54, 1.807) is 35.6 Å². The summed E-state index contributed by atoms with van der Waals surface area (Å²) in [5.41, 5.74) is 7.66. The van der Waals surface area contributed by atoms with Crippen molar-refractivity contribution < 1.29 is 19.0 Å². The first-order chi connectivity index (χ1) is 12.5. The van der Waals surface area contributed by atoms with Crippen LogP contribution in [-0.4, -0.2) is 11.1 Å². The van der Waals surface area contributed by atoms with Gasteiger partial charge in [0.15, 0.2) is 0 Å². The number of nitrogens with two attached hydrogens (primary N) is 1. The Morgan fingerprint density at radius 1 is 1.23 bits per heavy atom. The minimum absolute atomic E-state index is 0.00370. The normalized spacial score (nSPS) is 11.3. The number of thiophene rings is 1. The molecule has 1 heterocycles. The first-order valence-electron chi connectivity index (χ1n) is 7.78. The maximum Gasteiger partial charge on any atom is 0.336 e. The van der Waals surface area contributed by atoms with E-state index in [0.29, 0.717) is 23.6 Å². The second kappa shape index (κ2) is 7.84. The van der Waals surface area contributed by atoms with E-state index in [0.717, 1.165) is 5.56 Å². The van der Waals surface area contributed by atoms with Gasteiger partial charge >= 0.3 is 5.97 Å². The van der Waals surface area contributed by atoms with Crippen molar-refractivity contribution in [3.8, 4) is 5.75 Å². The highest BCUT2D eigenvalue weighted by atomic mass is 32.1. The van der Waals surface area contributed by atoms with E-state index in [4.69, 9.17) is 10.5 Å². The number of carboxylic acid groups (broad SMARTS) is 1. The Morgan fingerprint density at radius 2 is 2.04 bits per heavy atom. The van der Waals surface area contributed by atoms with E-state index >= 15 is 0 Å². The van der Waals surface area contributed by atoms with Crippen LogP contribution in [0, 0.1) is 5.82 Å². The van der Waals surface area contributed by atoms with Crippen LogP contribution in [0.2, 0.25) is 0 Å². The van der Waals surface area contributed by atoms with Crippen molar-refractivity contribution in [3.63, 3.8) is 0 Å². The number of hydrogen-bond acceptors (Lipinski definition) is 4. The van der Waals surface area contributed by atoms with Crippen molar-refractivity contribution in [1.29, 1.82) is 0 Å². The van der Waals surface area contributed by atoms with Gasteiger partial charge in [-0.1, -0.05) is 18.2 Å². The SMILES string of the molecule is Nc1ccc(OCc2ccsc2)cc1/C=C(/C(=O)O)c1ccccc1F. The Balaban J connectivity index is 1.93. The number of halogens is 1. The Bertz CT molecular complexity index is 951. The van der Waals surface area contributed by atoms with E-state index in [2.05, 4.69) is 0 Å². The molecule has 2 aromatic carbocycles. The average Bonchev–Trinajstić information content (AvgIpc) is 3.14. The van der Waals surface area contributed by atoms with Gasteiger partial charge in [0, 0.05) is 16.8 Å². The molecular weight excluding hydrogens is 353 g/mol. The van der Waals surface area contributed by atoms with Gasteiger partial charge in [-0.05, 0) is 52.7 Å². The highest BCUT2D eigenvalue weighted by Crippen LogP contribution is 2.27. The third kappa shape index (κ3) is 4.10. The lowest BCUT2D eigenvalue weighted by atomic mass is 10.0. The van der Waals surface area contributed by atoms with Gasteiger partial charge in [0.25, 0.3) is 0 Å². The molecule has 6 heteroatoms. The first-order valence-corrected chi connectivity index (χ1v) is 8.72. The summed E-state index contributed by atoms with van der Waals surface area (Å²) < 4.78 is 19.7. The Morgan fingerprint density at radius 3 is 2.73 bits per heavy atom. The van der Waals surface area contributed by atoms with Crippen LogP contribution in [0.4, 0.5) is 10.1 Å². The maximum atomic E-state index is 14.0. The molecule has 0 aliphatic carbocycles. The zero-order valence-corrected chi connectivity index (χ0v) is 14.5. The highest BCUT2D eigenvalue weighted by molar-refractivity contribution is 7.07. The molecule has 0 aliphatic rings. The molecule has 0 bridgehead atoms. The molecule has 0 spiro atoms. The van der Waals surface area contributed by atoms with Crippen molar-refractivity contribution in [2.24, 2.45) is 0 Å². The number of ether oxygens (including phenoxy) is 1. The van der Waals surface area contributed by atoms with Gasteiger partial charge in [-0.25, -0.2) is 9.18 Å². The number of anilines is 1. The molecule has 0 radical (unpaired) electrons. The van der Waals surface area contributed by atoms with Crippen LogP contribution in [0.1, 0.15) is 16.7 Å². The minimum Gasteiger partial charge on any atom is -0.489 e. The summed E-state index contributed by atoms with van der Waals surface area (Å²) in [7, 11) is 0. The lowest BCUT2D eigenvalue weighted by Crippen LogP contribution is -2.03. The van der Waals surface area contributed by atoms with Crippen LogP contribution in [0.15, 0.2) is 59.3 Å². The van der Waals surface area contributed by atoms with Crippen LogP contribution in [0.25, 0.3) is 11.6 Å². The fourth-order valence-electron chi connectivity index (χ4n) is 2.40. The van der Waals surface area contributed by atoms with Crippen molar-refractivity contribution in [1.82, 2.24) is 0 Å². The van der Waals surface area contributed by atoms with Gasteiger partial charge in [0.2, 0.25) is 0 Å². The monoisotopic (exact) mass is 369 g/mol. The van der Waals surface area contributed by atoms with Crippen molar-refractivity contribution in [2.45, 2.75) is 6.61 Å². The minimum atomic E-state index is -1.24. The van der Waals surface area contributed by atoms with Crippen LogP contribution >= 0.6 is 11.3 Å². The maximum absolute atomic E-state index is 14.0. The van der Waals surface area contributed by atoms with E-state index < -0.39 is 11.8 Å². The zero-order valence-electron chi connectivity index (χ0n) is 13.7. The van der Waals surface area contributed by atoms with E-state index in [9.17, 15) is 14.3 Å². The molecule has 26 heavy (non-hydrogen) atoms. The molecule has 3 rings (SSSR count). The van der Waals surface area contributed by atoms with Crippen molar-refractivity contribution in [3.05, 3.63) is 81.8 Å². The summed E-state index contributed by atoms with van der Waals surface area (Å²) in [6.45, 7) is 0.398. The number of hydrogen-bond donors (Lipinski definition) is 2. The van der Waals surface area contributed by atoms with Gasteiger partial charge in [0.05, 0.1) is 5.57 Å². The van der Waals surface area contributed by atoms with Gasteiger partial charge in [-0.2, -0.15) is 11.3 Å². The highest BCUT2D eigenvalue weighted by Gasteiger charge is 2.15. The Hall–Kier alpha value is -3.12. The topological polar surface area (TPSA) is 72.5 Å². The van der Waals surface area contributed by atoms with Gasteiger partial charge in [-0.15, -0.1) is 0 Å². The Kier molecular flexibility index (Phi) is 5.34. The summed E-state index contributed by atoms with van der Waals surface area (Å²) >= 11 is 1.58. The summed E-state index contributed by atoms with van der Waals surface area (Å²) in [5, 5.41) is 13.4. The lowest BCUT2D eigenvalue weighted by Gasteiger charge is -2.09. The molecule has 0 saturated carbocycles. The van der Waals surface area contributed by atoms with Gasteiger partial charge < -0.3 is 15.6 Å². The Labute approximate surface area is 154 Å². The van der Waals surface area contributed by atoms with Crippen molar-refractivity contribution >= 4 is 34.6 Å². The number of aliphatic carboxylic acids is 1. The molecule has 0 saturated heterocycles. The molecule has 0 amide bonds. The summed E-state index contributed by atoms with van der Waals surface area (Å²) in [5.74, 6) is -1.29. The molecule has 0 atom stereocenters. The number of benzene rings is 2. The largest absolute Gasteiger partial charge is 0.489 e. The van der Waals surface area contributed by atoms with Crippen LogP contribution in [-0.2, 0) is 11.4 Å². The smallest absolute Gasteiger partial charge is 0.336 e. The zero-order chi connectivity index (χ0) is 18.5. The molecule has 4 nitrogen and oxygen atoms in total. The predicted octanol–water partition coefficient (Wildman–Crippen LogP) is 4.67. The fraction of sp³-hybridized carbons (Fsp3) is 0.0500. The lowest BCUT2D eigenvalue weighted by molar-refractivity contribution is -0.130. The fourth-order valence-corrected chi connectivity index (χ4v) is 3.05. The van der Waals surface area contributed by atoms with Gasteiger partial charge in [-0.3, -0.25) is 0 Å². The summed E-state index contributed by atoms with van der Waals surface area (Å²) in [6, 6.07) is 12.7. The number of nitrogen functional groups attached to an aromatic ring is 1. The second-order valence-corrected chi connectivity index (χ2v) is 6.33. The third-order valence-corrected chi connectivity index (χ3v) is 4.47. The molecule has 1 aromatic heterocycles. The first kappa shape index (κ1) is 17.7. The number of carboxylic acids is 1. The van der Waals surface area contributed by atoms with Crippen LogP contribution in [0.5, 0.6) is 5.75 Å².